The summed E-state index contributed by atoms with van der Waals surface area (Å²) in [6, 6.07) is 6.42. The Bertz CT molecular complexity index is 1860. The van der Waals surface area contributed by atoms with Crippen molar-refractivity contribution in [2.75, 3.05) is 41.2 Å². The molecule has 1 aromatic heterocycles. The Kier molecular flexibility index (Phi) is 10.2. The first-order valence-corrected chi connectivity index (χ1v) is 14.5. The highest BCUT2D eigenvalue weighted by molar-refractivity contribution is 7.07. The van der Waals surface area contributed by atoms with Crippen molar-refractivity contribution in [1.29, 1.82) is 0 Å². The lowest BCUT2D eigenvalue weighted by molar-refractivity contribution is -0.385. The molecule has 0 saturated carbocycles. The Morgan fingerprint density at radius 3 is 2.36 bits per heavy atom. The van der Waals surface area contributed by atoms with E-state index in [0.29, 0.717) is 11.3 Å². The average molecular weight is 642 g/mol. The summed E-state index contributed by atoms with van der Waals surface area (Å²) < 4.78 is 33.3. The number of rotatable bonds is 12. The molecule has 0 saturated heterocycles. The SMILES string of the molecule is CCOC(=O)C1=C(C)N=c2s/c(=C\c3cc(OC)c(OC)cc3[N+](=O)[O-])c(=O)n2[C@@H]1c1ccc(OCC(=O)OC)c(OCC)c1. The summed E-state index contributed by atoms with van der Waals surface area (Å²) in [5.41, 5.74) is 0.164. The predicted molar refractivity (Wildman–Crippen MR) is 162 cm³/mol. The maximum Gasteiger partial charge on any atom is 0.343 e. The molecule has 2 heterocycles. The summed E-state index contributed by atoms with van der Waals surface area (Å²) in [4.78, 5) is 55.1. The third-order valence-electron chi connectivity index (χ3n) is 6.69. The van der Waals surface area contributed by atoms with Crippen molar-refractivity contribution in [2.24, 2.45) is 4.99 Å². The number of ether oxygens (including phenoxy) is 6. The lowest BCUT2D eigenvalue weighted by Crippen LogP contribution is -2.40. The van der Waals surface area contributed by atoms with Gasteiger partial charge in [-0.25, -0.2) is 14.6 Å². The lowest BCUT2D eigenvalue weighted by Gasteiger charge is -2.25. The molecular weight excluding hydrogens is 610 g/mol. The van der Waals surface area contributed by atoms with Crippen molar-refractivity contribution in [3.63, 3.8) is 0 Å². The molecule has 238 valence electrons. The summed E-state index contributed by atoms with van der Waals surface area (Å²) in [5.74, 6) is -0.360. The number of aromatic nitrogens is 1. The highest BCUT2D eigenvalue weighted by Crippen LogP contribution is 2.37. The zero-order valence-electron chi connectivity index (χ0n) is 25.4. The normalized spacial score (nSPS) is 14.3. The van der Waals surface area contributed by atoms with Gasteiger partial charge in [0.05, 0.1) is 72.9 Å². The van der Waals surface area contributed by atoms with Crippen LogP contribution in [0.3, 0.4) is 0 Å². The zero-order valence-corrected chi connectivity index (χ0v) is 26.2. The van der Waals surface area contributed by atoms with Crippen LogP contribution in [0.1, 0.15) is 37.9 Å². The Morgan fingerprint density at radius 2 is 1.73 bits per heavy atom. The quantitative estimate of drug-likeness (QED) is 0.162. The van der Waals surface area contributed by atoms with E-state index in [1.165, 1.54) is 44.1 Å². The van der Waals surface area contributed by atoms with Gasteiger partial charge >= 0.3 is 11.9 Å². The van der Waals surface area contributed by atoms with E-state index in [0.717, 1.165) is 11.3 Å². The molecule has 0 amide bonds. The van der Waals surface area contributed by atoms with Crippen LogP contribution in [0.5, 0.6) is 23.0 Å². The highest BCUT2D eigenvalue weighted by atomic mass is 32.1. The van der Waals surface area contributed by atoms with E-state index in [-0.39, 0.29) is 69.0 Å². The van der Waals surface area contributed by atoms with Crippen molar-refractivity contribution >= 4 is 35.0 Å². The Morgan fingerprint density at radius 1 is 1.02 bits per heavy atom. The second kappa shape index (κ2) is 14.1. The number of carbonyl (C=O) groups is 2. The molecule has 4 rings (SSSR count). The zero-order chi connectivity index (χ0) is 32.8. The number of allylic oxidation sites excluding steroid dienone is 1. The molecule has 1 aliphatic heterocycles. The van der Waals surface area contributed by atoms with Crippen LogP contribution in [0.25, 0.3) is 6.08 Å². The second-order valence-corrected chi connectivity index (χ2v) is 10.3. The standard InChI is InChI=1S/C30H31N3O11S/c1-7-42-23-11-17(9-10-20(23)44-15-25(34)41-6)27-26(29(36)43-8-2)16(3)31-30-32(27)28(35)24(45-30)13-18-12-21(39-4)22(40-5)14-19(18)33(37)38/h9-14,27H,7-8,15H2,1-6H3/b24-13-/t27-/m1/s1. The molecule has 0 bridgehead atoms. The third-order valence-corrected chi connectivity index (χ3v) is 7.67. The minimum Gasteiger partial charge on any atom is -0.493 e. The summed E-state index contributed by atoms with van der Waals surface area (Å²) in [7, 11) is 3.99. The fourth-order valence-electron chi connectivity index (χ4n) is 4.68. The number of hydrogen-bond donors (Lipinski definition) is 0. The first kappa shape index (κ1) is 32.7. The minimum absolute atomic E-state index is 0.0836. The third kappa shape index (κ3) is 6.67. The number of nitrogens with zero attached hydrogens (tertiary/aromatic N) is 3. The summed E-state index contributed by atoms with van der Waals surface area (Å²) in [5, 5.41) is 11.9. The molecule has 0 aliphatic carbocycles. The molecule has 0 radical (unpaired) electrons. The molecule has 1 atom stereocenters. The Labute approximate surface area is 260 Å². The first-order valence-electron chi connectivity index (χ1n) is 13.6. The van der Waals surface area contributed by atoms with E-state index in [1.807, 2.05) is 0 Å². The molecule has 14 nitrogen and oxygen atoms in total. The van der Waals surface area contributed by atoms with Crippen LogP contribution in [-0.2, 0) is 19.1 Å². The van der Waals surface area contributed by atoms with Crippen molar-refractivity contribution < 1.29 is 42.9 Å². The fourth-order valence-corrected chi connectivity index (χ4v) is 5.72. The molecule has 45 heavy (non-hydrogen) atoms. The molecule has 0 spiro atoms. The molecule has 3 aromatic rings. The molecule has 0 N–H and O–H groups in total. The molecule has 15 heteroatoms. The van der Waals surface area contributed by atoms with E-state index in [2.05, 4.69) is 9.73 Å². The smallest absolute Gasteiger partial charge is 0.343 e. The molecule has 2 aromatic carbocycles. The Hall–Kier alpha value is -5.18. The van der Waals surface area contributed by atoms with Gasteiger partial charge in [0.15, 0.2) is 34.4 Å². The number of benzene rings is 2. The van der Waals surface area contributed by atoms with E-state index in [4.69, 9.17) is 23.7 Å². The summed E-state index contributed by atoms with van der Waals surface area (Å²) in [6.45, 7) is 5.04. The van der Waals surface area contributed by atoms with Crippen LogP contribution in [0.4, 0.5) is 5.69 Å². The molecule has 0 unspecified atom stereocenters. The van der Waals surface area contributed by atoms with E-state index < -0.39 is 28.5 Å². The van der Waals surface area contributed by atoms with Crippen LogP contribution < -0.4 is 33.8 Å². The van der Waals surface area contributed by atoms with Crippen molar-refractivity contribution in [2.45, 2.75) is 26.8 Å². The van der Waals surface area contributed by atoms with Gasteiger partial charge in [0, 0.05) is 0 Å². The summed E-state index contributed by atoms with van der Waals surface area (Å²) >= 11 is 1.00. The number of nitro benzene ring substituents is 1. The number of nitro groups is 1. The number of fused-ring (bicyclic) bond motifs is 1. The van der Waals surface area contributed by atoms with Gasteiger partial charge in [-0.15, -0.1) is 0 Å². The van der Waals surface area contributed by atoms with Crippen LogP contribution in [0, 0.1) is 10.1 Å². The largest absolute Gasteiger partial charge is 0.493 e. The van der Waals surface area contributed by atoms with Crippen LogP contribution in [0.15, 0.2) is 51.4 Å². The fraction of sp³-hybridized carbons (Fsp3) is 0.333. The van der Waals surface area contributed by atoms with E-state index >= 15 is 0 Å². The van der Waals surface area contributed by atoms with Gasteiger partial charge < -0.3 is 28.4 Å². The number of esters is 2. The maximum atomic E-state index is 14.1. The van der Waals surface area contributed by atoms with Gasteiger partial charge in [0.25, 0.3) is 11.2 Å². The molecular formula is C30H31N3O11S. The van der Waals surface area contributed by atoms with E-state index in [9.17, 15) is 24.5 Å². The van der Waals surface area contributed by atoms with Crippen molar-refractivity contribution in [3.05, 3.63) is 82.5 Å². The van der Waals surface area contributed by atoms with Gasteiger partial charge in [-0.1, -0.05) is 17.4 Å². The van der Waals surface area contributed by atoms with Crippen molar-refractivity contribution in [1.82, 2.24) is 4.57 Å². The van der Waals surface area contributed by atoms with Crippen LogP contribution in [0.2, 0.25) is 0 Å². The molecule has 0 fully saturated rings. The maximum absolute atomic E-state index is 14.1. The van der Waals surface area contributed by atoms with Gasteiger partial charge in [0.2, 0.25) is 0 Å². The van der Waals surface area contributed by atoms with Crippen LogP contribution in [-0.4, -0.2) is 62.6 Å². The topological polar surface area (TPSA) is 167 Å². The lowest BCUT2D eigenvalue weighted by atomic mass is 9.95. The van der Waals surface area contributed by atoms with Gasteiger partial charge in [-0.3, -0.25) is 19.5 Å². The first-order chi connectivity index (χ1) is 21.6. The predicted octanol–water partition coefficient (Wildman–Crippen LogP) is 2.67. The Balaban J connectivity index is 1.96. The van der Waals surface area contributed by atoms with Gasteiger partial charge in [-0.05, 0) is 50.6 Å². The molecule has 1 aliphatic rings. The van der Waals surface area contributed by atoms with E-state index in [1.54, 1.807) is 39.0 Å². The number of thiazole rings is 1. The number of hydrogen-bond acceptors (Lipinski definition) is 13. The number of methoxy groups -OCH3 is 3. The minimum atomic E-state index is -1.00. The summed E-state index contributed by atoms with van der Waals surface area (Å²) in [6.07, 6.45) is 1.37. The van der Waals surface area contributed by atoms with Gasteiger partial charge in [-0.2, -0.15) is 0 Å². The number of carbonyl (C=O) groups excluding carboxylic acids is 2. The highest BCUT2D eigenvalue weighted by Gasteiger charge is 2.34. The second-order valence-electron chi connectivity index (χ2n) is 9.33. The monoisotopic (exact) mass is 641 g/mol. The van der Waals surface area contributed by atoms with Gasteiger partial charge in [0.1, 0.15) is 0 Å². The van der Waals surface area contributed by atoms with Crippen LogP contribution >= 0.6 is 11.3 Å². The van der Waals surface area contributed by atoms with Crippen molar-refractivity contribution in [3.8, 4) is 23.0 Å². The average Bonchev–Trinajstić information content (AvgIpc) is 3.32.